The molecule has 4 rings (SSSR count). The molecule has 0 bridgehead atoms. The third kappa shape index (κ3) is 4.86. The first-order chi connectivity index (χ1) is 16.3. The van der Waals surface area contributed by atoms with Gasteiger partial charge >= 0.3 is 0 Å². The Morgan fingerprint density at radius 3 is 2.65 bits per heavy atom. The highest BCUT2D eigenvalue weighted by atomic mass is 19.2. The van der Waals surface area contributed by atoms with Crippen molar-refractivity contribution in [2.75, 3.05) is 26.0 Å². The predicted molar refractivity (Wildman–Crippen MR) is 119 cm³/mol. The van der Waals surface area contributed by atoms with Crippen LogP contribution in [0.4, 0.5) is 14.5 Å². The summed E-state index contributed by atoms with van der Waals surface area (Å²) in [6.45, 7) is 0.195. The number of nitrogens with zero attached hydrogens (tertiary/aromatic N) is 1. The van der Waals surface area contributed by atoms with Crippen LogP contribution in [0.15, 0.2) is 36.4 Å². The van der Waals surface area contributed by atoms with E-state index in [0.29, 0.717) is 24.3 Å². The van der Waals surface area contributed by atoms with Gasteiger partial charge in [0.2, 0.25) is 5.91 Å². The summed E-state index contributed by atoms with van der Waals surface area (Å²) >= 11 is 0. The monoisotopic (exact) mass is 473 g/mol. The minimum Gasteiger partial charge on any atom is -0.490 e. The number of hydrogen-bond acceptors (Lipinski definition) is 5. The number of carbonyl (C=O) groups is 3. The highest BCUT2D eigenvalue weighted by Gasteiger charge is 2.39. The third-order valence-electron chi connectivity index (χ3n) is 6.14. The van der Waals surface area contributed by atoms with E-state index in [1.54, 1.807) is 31.1 Å². The SMILES string of the molecule is CNC(=O)C[C@H]1CC[C@@H]2[C@H](COc3ccc(NC(=O)c4ccc(F)c(F)c4)cc3C(=O)N2C)O1. The second-order valence-electron chi connectivity index (χ2n) is 8.34. The van der Waals surface area contributed by atoms with Gasteiger partial charge in [0.1, 0.15) is 18.5 Å². The van der Waals surface area contributed by atoms with E-state index in [0.717, 1.165) is 12.1 Å². The molecule has 0 aromatic heterocycles. The molecule has 2 aromatic rings. The van der Waals surface area contributed by atoms with E-state index >= 15 is 0 Å². The van der Waals surface area contributed by atoms with Gasteiger partial charge in [-0.1, -0.05) is 0 Å². The number of carbonyl (C=O) groups excluding carboxylic acids is 3. The van der Waals surface area contributed by atoms with Crippen molar-refractivity contribution in [1.82, 2.24) is 10.2 Å². The fourth-order valence-corrected chi connectivity index (χ4v) is 4.25. The largest absolute Gasteiger partial charge is 0.490 e. The molecule has 0 unspecified atom stereocenters. The summed E-state index contributed by atoms with van der Waals surface area (Å²) in [5, 5.41) is 5.19. The number of likely N-dealkylation sites (N-methyl/N-ethyl adjacent to an activating group) is 1. The van der Waals surface area contributed by atoms with Gasteiger partial charge in [-0.25, -0.2) is 8.78 Å². The maximum absolute atomic E-state index is 13.5. The zero-order valence-electron chi connectivity index (χ0n) is 18.8. The highest BCUT2D eigenvalue weighted by Crippen LogP contribution is 2.32. The molecule has 0 radical (unpaired) electrons. The molecule has 0 aliphatic carbocycles. The van der Waals surface area contributed by atoms with Crippen molar-refractivity contribution < 1.29 is 32.6 Å². The average molecular weight is 473 g/mol. The number of rotatable bonds is 4. The zero-order chi connectivity index (χ0) is 24.4. The standard InChI is InChI=1S/C24H25F2N3O5/c1-27-22(30)11-15-5-7-19-21(34-15)12-33-20-8-4-14(10-16(20)24(32)29(19)2)28-23(31)13-3-6-17(25)18(26)9-13/h3-4,6,8-10,15,19,21H,5,7,11-12H2,1-2H3,(H,27,30)(H,28,31)/t15-,19-,21+/m1/s1. The van der Waals surface area contributed by atoms with Crippen molar-refractivity contribution in [1.29, 1.82) is 0 Å². The summed E-state index contributed by atoms with van der Waals surface area (Å²) in [4.78, 5) is 39.0. The lowest BCUT2D eigenvalue weighted by Crippen LogP contribution is -2.53. The summed E-state index contributed by atoms with van der Waals surface area (Å²) in [7, 11) is 3.26. The quantitative estimate of drug-likeness (QED) is 0.712. The molecule has 0 spiro atoms. The van der Waals surface area contributed by atoms with Crippen molar-refractivity contribution in [3.63, 3.8) is 0 Å². The van der Waals surface area contributed by atoms with Gasteiger partial charge in [-0.3, -0.25) is 14.4 Å². The molecule has 1 saturated heterocycles. The van der Waals surface area contributed by atoms with Gasteiger partial charge in [0.05, 0.1) is 24.1 Å². The lowest BCUT2D eigenvalue weighted by Gasteiger charge is -2.42. The Balaban J connectivity index is 1.52. The fraction of sp³-hybridized carbons (Fsp3) is 0.375. The van der Waals surface area contributed by atoms with Crippen LogP contribution in [-0.2, 0) is 9.53 Å². The minimum absolute atomic E-state index is 0.0566. The molecule has 3 amide bonds. The molecule has 2 aliphatic rings. The fourth-order valence-electron chi connectivity index (χ4n) is 4.25. The van der Waals surface area contributed by atoms with Crippen LogP contribution in [0.5, 0.6) is 5.75 Å². The van der Waals surface area contributed by atoms with Crippen molar-refractivity contribution in [2.24, 2.45) is 0 Å². The Morgan fingerprint density at radius 2 is 1.91 bits per heavy atom. The summed E-state index contributed by atoms with van der Waals surface area (Å²) < 4.78 is 38.6. The molecule has 1 fully saturated rings. The second-order valence-corrected chi connectivity index (χ2v) is 8.34. The van der Waals surface area contributed by atoms with Gasteiger partial charge in [0.25, 0.3) is 11.8 Å². The first-order valence-corrected chi connectivity index (χ1v) is 10.9. The molecule has 3 atom stereocenters. The molecule has 2 N–H and O–H groups in total. The summed E-state index contributed by atoms with van der Waals surface area (Å²) in [6.07, 6.45) is 0.886. The molecule has 180 valence electrons. The Hall–Kier alpha value is -3.53. The third-order valence-corrected chi connectivity index (χ3v) is 6.14. The Bertz CT molecular complexity index is 1130. The number of benzene rings is 2. The van der Waals surface area contributed by atoms with E-state index in [1.165, 1.54) is 12.1 Å². The molecule has 2 aromatic carbocycles. The van der Waals surface area contributed by atoms with Crippen LogP contribution in [0.1, 0.15) is 40.0 Å². The van der Waals surface area contributed by atoms with E-state index in [2.05, 4.69) is 10.6 Å². The van der Waals surface area contributed by atoms with Crippen LogP contribution >= 0.6 is 0 Å². The molecule has 34 heavy (non-hydrogen) atoms. The van der Waals surface area contributed by atoms with Gasteiger partial charge in [0, 0.05) is 25.3 Å². The lowest BCUT2D eigenvalue weighted by atomic mass is 9.94. The van der Waals surface area contributed by atoms with Gasteiger partial charge in [-0.2, -0.15) is 0 Å². The minimum atomic E-state index is -1.13. The van der Waals surface area contributed by atoms with E-state index in [-0.39, 0.29) is 48.1 Å². The van der Waals surface area contributed by atoms with Gasteiger partial charge in [-0.15, -0.1) is 0 Å². The smallest absolute Gasteiger partial charge is 0.257 e. The maximum atomic E-state index is 13.5. The van der Waals surface area contributed by atoms with E-state index in [4.69, 9.17) is 9.47 Å². The van der Waals surface area contributed by atoms with Gasteiger partial charge in [-0.05, 0) is 49.2 Å². The van der Waals surface area contributed by atoms with Crippen LogP contribution in [0.2, 0.25) is 0 Å². The molecule has 0 saturated carbocycles. The summed E-state index contributed by atoms with van der Waals surface area (Å²) in [5.74, 6) is -2.90. The van der Waals surface area contributed by atoms with Crippen LogP contribution in [0.25, 0.3) is 0 Å². The van der Waals surface area contributed by atoms with Crippen molar-refractivity contribution >= 4 is 23.4 Å². The predicted octanol–water partition coefficient (Wildman–Crippen LogP) is 2.73. The Kier molecular flexibility index (Phi) is 6.78. The van der Waals surface area contributed by atoms with Crippen LogP contribution < -0.4 is 15.4 Å². The number of fused-ring (bicyclic) bond motifs is 2. The molecule has 10 heteroatoms. The van der Waals surface area contributed by atoms with Gasteiger partial charge < -0.3 is 25.0 Å². The lowest BCUT2D eigenvalue weighted by molar-refractivity contribution is -0.133. The van der Waals surface area contributed by atoms with Crippen molar-refractivity contribution in [3.05, 3.63) is 59.2 Å². The zero-order valence-corrected chi connectivity index (χ0v) is 18.8. The number of nitrogens with one attached hydrogen (secondary N) is 2. The van der Waals surface area contributed by atoms with E-state index < -0.39 is 23.6 Å². The number of halogens is 2. The normalized spacial score (nSPS) is 21.9. The maximum Gasteiger partial charge on any atom is 0.257 e. The number of amides is 3. The first-order valence-electron chi connectivity index (χ1n) is 10.9. The van der Waals surface area contributed by atoms with Crippen molar-refractivity contribution in [3.8, 4) is 5.75 Å². The summed E-state index contributed by atoms with van der Waals surface area (Å²) in [6, 6.07) is 7.22. The van der Waals surface area contributed by atoms with Crippen LogP contribution in [-0.4, -0.2) is 61.6 Å². The molecule has 8 nitrogen and oxygen atoms in total. The second kappa shape index (κ2) is 9.76. The topological polar surface area (TPSA) is 97.0 Å². The van der Waals surface area contributed by atoms with E-state index in [1.807, 2.05) is 0 Å². The first kappa shape index (κ1) is 23.6. The van der Waals surface area contributed by atoms with Gasteiger partial charge in [0.15, 0.2) is 11.6 Å². The van der Waals surface area contributed by atoms with Crippen LogP contribution in [0, 0.1) is 11.6 Å². The summed E-state index contributed by atoms with van der Waals surface area (Å²) in [5.41, 5.74) is 0.511. The van der Waals surface area contributed by atoms with E-state index in [9.17, 15) is 23.2 Å². The Morgan fingerprint density at radius 1 is 1.12 bits per heavy atom. The number of hydrogen-bond donors (Lipinski definition) is 2. The highest BCUT2D eigenvalue weighted by molar-refractivity contribution is 6.05. The van der Waals surface area contributed by atoms with Crippen molar-refractivity contribution in [2.45, 2.75) is 37.5 Å². The molecule has 2 aliphatic heterocycles. The number of ether oxygens (including phenoxy) is 2. The molecular formula is C24H25F2N3O5. The molecular weight excluding hydrogens is 448 g/mol. The Labute approximate surface area is 195 Å². The number of anilines is 1. The van der Waals surface area contributed by atoms with Crippen LogP contribution in [0.3, 0.4) is 0 Å². The molecule has 2 heterocycles. The average Bonchev–Trinajstić information content (AvgIpc) is 2.83.